The van der Waals surface area contributed by atoms with Gasteiger partial charge in [-0.3, -0.25) is 0 Å². The van der Waals surface area contributed by atoms with E-state index in [1.807, 2.05) is 0 Å². The quantitative estimate of drug-likeness (QED) is 0.869. The van der Waals surface area contributed by atoms with Crippen LogP contribution in [0.2, 0.25) is 0 Å². The number of nitrogens with zero attached hydrogens (tertiary/aromatic N) is 1. The first-order valence-corrected chi connectivity index (χ1v) is 8.02. The molecule has 1 saturated heterocycles. The summed E-state index contributed by atoms with van der Waals surface area (Å²) in [5, 5.41) is 3.49. The zero-order chi connectivity index (χ0) is 14.5. The Morgan fingerprint density at radius 3 is 2.10 bits per heavy atom. The van der Waals surface area contributed by atoms with Gasteiger partial charge >= 0.3 is 0 Å². The standard InChI is InChI=1S/C19H24N2/c1-2-16-5-9-18(10-6-16)20-15-17-7-11-19(12-8-17)21-13-3-4-14-21/h5-12,20H,2-4,13-15H2,1H3. The van der Waals surface area contributed by atoms with Crippen LogP contribution in [-0.2, 0) is 13.0 Å². The third-order valence-corrected chi connectivity index (χ3v) is 4.27. The van der Waals surface area contributed by atoms with Gasteiger partial charge in [0, 0.05) is 31.0 Å². The fourth-order valence-electron chi connectivity index (χ4n) is 2.86. The smallest absolute Gasteiger partial charge is 0.0400 e. The normalized spacial score (nSPS) is 14.4. The van der Waals surface area contributed by atoms with E-state index in [2.05, 4.69) is 65.7 Å². The minimum absolute atomic E-state index is 0.881. The summed E-state index contributed by atoms with van der Waals surface area (Å²) in [6.07, 6.45) is 3.76. The van der Waals surface area contributed by atoms with E-state index in [0.29, 0.717) is 0 Å². The average molecular weight is 280 g/mol. The van der Waals surface area contributed by atoms with E-state index in [9.17, 15) is 0 Å². The first-order chi connectivity index (χ1) is 10.3. The van der Waals surface area contributed by atoms with Gasteiger partial charge in [0.05, 0.1) is 0 Å². The summed E-state index contributed by atoms with van der Waals surface area (Å²) >= 11 is 0. The van der Waals surface area contributed by atoms with Crippen LogP contribution in [0.5, 0.6) is 0 Å². The molecule has 0 unspecified atom stereocenters. The topological polar surface area (TPSA) is 15.3 Å². The summed E-state index contributed by atoms with van der Waals surface area (Å²) in [4.78, 5) is 2.47. The Hall–Kier alpha value is -1.96. The van der Waals surface area contributed by atoms with E-state index < -0.39 is 0 Å². The van der Waals surface area contributed by atoms with Crippen LogP contribution in [0, 0.1) is 0 Å². The van der Waals surface area contributed by atoms with Crippen LogP contribution in [0.1, 0.15) is 30.9 Å². The Morgan fingerprint density at radius 1 is 0.857 bits per heavy atom. The number of aryl methyl sites for hydroxylation is 1. The van der Waals surface area contributed by atoms with Crippen LogP contribution in [0.3, 0.4) is 0 Å². The van der Waals surface area contributed by atoms with Crippen molar-refractivity contribution in [3.05, 3.63) is 59.7 Å². The molecule has 0 atom stereocenters. The van der Waals surface area contributed by atoms with E-state index >= 15 is 0 Å². The molecule has 1 heterocycles. The molecule has 2 nitrogen and oxygen atoms in total. The van der Waals surface area contributed by atoms with Crippen LogP contribution in [0.4, 0.5) is 11.4 Å². The van der Waals surface area contributed by atoms with Crippen molar-refractivity contribution >= 4 is 11.4 Å². The number of rotatable bonds is 5. The Labute approximate surface area is 127 Å². The summed E-state index contributed by atoms with van der Waals surface area (Å²) in [6.45, 7) is 5.48. The van der Waals surface area contributed by atoms with Gasteiger partial charge < -0.3 is 10.2 Å². The fraction of sp³-hybridized carbons (Fsp3) is 0.368. The highest BCUT2D eigenvalue weighted by molar-refractivity contribution is 5.49. The fourth-order valence-corrected chi connectivity index (χ4v) is 2.86. The predicted molar refractivity (Wildman–Crippen MR) is 91.0 cm³/mol. The molecule has 3 rings (SSSR count). The molecule has 2 aromatic carbocycles. The molecule has 2 aromatic rings. The van der Waals surface area contributed by atoms with Crippen molar-refractivity contribution in [2.45, 2.75) is 32.7 Å². The molecule has 2 heteroatoms. The third kappa shape index (κ3) is 3.57. The van der Waals surface area contributed by atoms with Crippen LogP contribution in [0.25, 0.3) is 0 Å². The molecular formula is C19H24N2. The summed E-state index contributed by atoms with van der Waals surface area (Å²) in [5.74, 6) is 0. The highest BCUT2D eigenvalue weighted by Crippen LogP contribution is 2.21. The number of benzene rings is 2. The van der Waals surface area contributed by atoms with Crippen molar-refractivity contribution in [2.75, 3.05) is 23.3 Å². The molecule has 1 N–H and O–H groups in total. The van der Waals surface area contributed by atoms with Gasteiger partial charge in [0.1, 0.15) is 0 Å². The third-order valence-electron chi connectivity index (χ3n) is 4.27. The molecule has 1 fully saturated rings. The monoisotopic (exact) mass is 280 g/mol. The SMILES string of the molecule is CCc1ccc(NCc2ccc(N3CCCC3)cc2)cc1. The molecule has 0 bridgehead atoms. The summed E-state index contributed by atoms with van der Waals surface area (Å²) in [6, 6.07) is 17.7. The van der Waals surface area contributed by atoms with Crippen LogP contribution in [0.15, 0.2) is 48.5 Å². The van der Waals surface area contributed by atoms with Gasteiger partial charge in [-0.05, 0) is 54.7 Å². The lowest BCUT2D eigenvalue weighted by molar-refractivity contribution is 0.949. The number of nitrogens with one attached hydrogen (secondary N) is 1. The molecule has 0 aromatic heterocycles. The van der Waals surface area contributed by atoms with Gasteiger partial charge in [0.2, 0.25) is 0 Å². The van der Waals surface area contributed by atoms with Crippen LogP contribution >= 0.6 is 0 Å². The van der Waals surface area contributed by atoms with Crippen LogP contribution in [-0.4, -0.2) is 13.1 Å². The number of anilines is 2. The minimum Gasteiger partial charge on any atom is -0.381 e. The van der Waals surface area contributed by atoms with Gasteiger partial charge in [-0.1, -0.05) is 31.2 Å². The highest BCUT2D eigenvalue weighted by Gasteiger charge is 2.11. The van der Waals surface area contributed by atoms with E-state index in [-0.39, 0.29) is 0 Å². The van der Waals surface area contributed by atoms with Crippen molar-refractivity contribution in [3.63, 3.8) is 0 Å². The molecule has 1 aliphatic heterocycles. The maximum absolute atomic E-state index is 3.49. The maximum Gasteiger partial charge on any atom is 0.0400 e. The van der Waals surface area contributed by atoms with Gasteiger partial charge in [-0.15, -0.1) is 0 Å². The van der Waals surface area contributed by atoms with Crippen molar-refractivity contribution < 1.29 is 0 Å². The molecule has 0 saturated carbocycles. The highest BCUT2D eigenvalue weighted by atomic mass is 15.1. The van der Waals surface area contributed by atoms with Gasteiger partial charge in [0.15, 0.2) is 0 Å². The molecule has 0 aliphatic carbocycles. The molecule has 110 valence electrons. The first kappa shape index (κ1) is 14.0. The largest absolute Gasteiger partial charge is 0.381 e. The summed E-state index contributed by atoms with van der Waals surface area (Å²) in [5.41, 5.74) is 5.27. The van der Waals surface area contributed by atoms with Crippen molar-refractivity contribution in [1.29, 1.82) is 0 Å². The van der Waals surface area contributed by atoms with Crippen LogP contribution < -0.4 is 10.2 Å². The lowest BCUT2D eigenvalue weighted by Gasteiger charge is -2.17. The van der Waals surface area contributed by atoms with E-state index in [1.54, 1.807) is 0 Å². The summed E-state index contributed by atoms with van der Waals surface area (Å²) < 4.78 is 0. The van der Waals surface area contributed by atoms with Gasteiger partial charge in [-0.25, -0.2) is 0 Å². The average Bonchev–Trinajstić information content (AvgIpc) is 3.08. The lowest BCUT2D eigenvalue weighted by atomic mass is 10.1. The van der Waals surface area contributed by atoms with E-state index in [4.69, 9.17) is 0 Å². The number of hydrogen-bond donors (Lipinski definition) is 1. The molecule has 0 spiro atoms. The van der Waals surface area contributed by atoms with Crippen molar-refractivity contribution in [2.24, 2.45) is 0 Å². The summed E-state index contributed by atoms with van der Waals surface area (Å²) in [7, 11) is 0. The Morgan fingerprint density at radius 2 is 1.48 bits per heavy atom. The van der Waals surface area contributed by atoms with E-state index in [0.717, 1.165) is 13.0 Å². The zero-order valence-corrected chi connectivity index (χ0v) is 12.8. The Balaban J connectivity index is 1.57. The Kier molecular flexibility index (Phi) is 4.44. The predicted octanol–water partition coefficient (Wildman–Crippen LogP) is 4.46. The molecule has 0 radical (unpaired) electrons. The second-order valence-electron chi connectivity index (χ2n) is 5.76. The Bertz CT molecular complexity index is 551. The van der Waals surface area contributed by atoms with Gasteiger partial charge in [0.25, 0.3) is 0 Å². The second-order valence-corrected chi connectivity index (χ2v) is 5.76. The minimum atomic E-state index is 0.881. The van der Waals surface area contributed by atoms with Crippen molar-refractivity contribution in [1.82, 2.24) is 0 Å². The first-order valence-electron chi connectivity index (χ1n) is 8.02. The van der Waals surface area contributed by atoms with Crippen molar-refractivity contribution in [3.8, 4) is 0 Å². The molecule has 21 heavy (non-hydrogen) atoms. The molecule has 1 aliphatic rings. The number of hydrogen-bond acceptors (Lipinski definition) is 2. The maximum atomic E-state index is 3.49. The van der Waals surface area contributed by atoms with Gasteiger partial charge in [-0.2, -0.15) is 0 Å². The zero-order valence-electron chi connectivity index (χ0n) is 12.8. The van der Waals surface area contributed by atoms with E-state index in [1.165, 1.54) is 48.4 Å². The molecular weight excluding hydrogens is 256 g/mol. The second kappa shape index (κ2) is 6.66. The lowest BCUT2D eigenvalue weighted by Crippen LogP contribution is -2.17. The molecule has 0 amide bonds.